The van der Waals surface area contributed by atoms with Crippen molar-refractivity contribution in [2.75, 3.05) is 6.61 Å². The van der Waals surface area contributed by atoms with E-state index >= 15 is 0 Å². The Morgan fingerprint density at radius 2 is 1.71 bits per heavy atom. The molecule has 4 nitrogen and oxygen atoms in total. The third-order valence-electron chi connectivity index (χ3n) is 3.36. The standard InChI is InChI=1S/C19H22ClNO3/c1-3-12-23-17-8-10-18(11-9-17)24-14(2)19(22)21-13-15-4-6-16(20)7-5-15/h4-11,14H,3,12-13H2,1-2H3,(H,21,22). The molecule has 0 aliphatic rings. The molecule has 1 atom stereocenters. The molecule has 1 amide bonds. The van der Waals surface area contributed by atoms with Crippen molar-refractivity contribution >= 4 is 17.5 Å². The van der Waals surface area contributed by atoms with Crippen LogP contribution in [0, 0.1) is 0 Å². The number of hydrogen-bond acceptors (Lipinski definition) is 3. The van der Waals surface area contributed by atoms with Crippen LogP contribution in [0.2, 0.25) is 5.02 Å². The van der Waals surface area contributed by atoms with E-state index in [0.29, 0.717) is 23.9 Å². The van der Waals surface area contributed by atoms with Crippen LogP contribution in [0.1, 0.15) is 25.8 Å². The Kier molecular flexibility index (Phi) is 6.94. The third kappa shape index (κ3) is 5.78. The fourth-order valence-corrected chi connectivity index (χ4v) is 2.15. The molecular formula is C19H22ClNO3. The summed E-state index contributed by atoms with van der Waals surface area (Å²) in [6.45, 7) is 4.90. The summed E-state index contributed by atoms with van der Waals surface area (Å²) in [5.74, 6) is 1.26. The quantitative estimate of drug-likeness (QED) is 0.778. The summed E-state index contributed by atoms with van der Waals surface area (Å²) in [6, 6.07) is 14.6. The molecule has 2 rings (SSSR count). The summed E-state index contributed by atoms with van der Waals surface area (Å²) in [5, 5.41) is 3.52. The van der Waals surface area contributed by atoms with Gasteiger partial charge in [0, 0.05) is 11.6 Å². The van der Waals surface area contributed by atoms with Crippen molar-refractivity contribution in [2.45, 2.75) is 32.9 Å². The van der Waals surface area contributed by atoms with Crippen LogP contribution in [0.25, 0.3) is 0 Å². The summed E-state index contributed by atoms with van der Waals surface area (Å²) in [5.41, 5.74) is 0.984. The molecule has 24 heavy (non-hydrogen) atoms. The Hall–Kier alpha value is -2.20. The molecule has 0 aromatic heterocycles. The van der Waals surface area contributed by atoms with Crippen molar-refractivity contribution in [3.8, 4) is 11.5 Å². The van der Waals surface area contributed by atoms with Crippen LogP contribution in [0.15, 0.2) is 48.5 Å². The number of amides is 1. The lowest BCUT2D eigenvalue weighted by Gasteiger charge is -2.15. The lowest BCUT2D eigenvalue weighted by Crippen LogP contribution is -2.35. The van der Waals surface area contributed by atoms with Crippen LogP contribution in [0.5, 0.6) is 11.5 Å². The van der Waals surface area contributed by atoms with E-state index in [1.54, 1.807) is 31.2 Å². The Morgan fingerprint density at radius 1 is 1.08 bits per heavy atom. The number of hydrogen-bond donors (Lipinski definition) is 1. The van der Waals surface area contributed by atoms with E-state index in [2.05, 4.69) is 12.2 Å². The topological polar surface area (TPSA) is 47.6 Å². The van der Waals surface area contributed by atoms with Gasteiger partial charge in [-0.05, 0) is 55.3 Å². The monoisotopic (exact) mass is 347 g/mol. The third-order valence-corrected chi connectivity index (χ3v) is 3.61. The van der Waals surface area contributed by atoms with E-state index in [1.807, 2.05) is 24.3 Å². The molecule has 0 spiro atoms. The first kappa shape index (κ1) is 18.1. The average Bonchev–Trinajstić information content (AvgIpc) is 2.60. The predicted molar refractivity (Wildman–Crippen MR) is 95.6 cm³/mol. The molecule has 0 heterocycles. The van der Waals surface area contributed by atoms with Crippen LogP contribution in [0.4, 0.5) is 0 Å². The Labute approximate surface area is 147 Å². The molecule has 2 aromatic rings. The van der Waals surface area contributed by atoms with Gasteiger partial charge in [-0.2, -0.15) is 0 Å². The second-order valence-electron chi connectivity index (χ2n) is 5.42. The predicted octanol–water partition coefficient (Wildman–Crippen LogP) is 4.21. The van der Waals surface area contributed by atoms with Gasteiger partial charge >= 0.3 is 0 Å². The normalized spacial score (nSPS) is 11.6. The molecule has 0 fully saturated rings. The van der Waals surface area contributed by atoms with Crippen molar-refractivity contribution < 1.29 is 14.3 Å². The van der Waals surface area contributed by atoms with Crippen LogP contribution in [0.3, 0.4) is 0 Å². The Balaban J connectivity index is 1.81. The summed E-state index contributed by atoms with van der Waals surface area (Å²) in [7, 11) is 0. The van der Waals surface area contributed by atoms with Crippen molar-refractivity contribution in [1.29, 1.82) is 0 Å². The van der Waals surface area contributed by atoms with Crippen LogP contribution in [-0.4, -0.2) is 18.6 Å². The molecule has 1 N–H and O–H groups in total. The summed E-state index contributed by atoms with van der Waals surface area (Å²) in [4.78, 5) is 12.1. The summed E-state index contributed by atoms with van der Waals surface area (Å²) >= 11 is 5.84. The molecular weight excluding hydrogens is 326 g/mol. The number of halogens is 1. The zero-order valence-electron chi connectivity index (χ0n) is 13.9. The van der Waals surface area contributed by atoms with Crippen LogP contribution < -0.4 is 14.8 Å². The molecule has 0 radical (unpaired) electrons. The number of nitrogens with one attached hydrogen (secondary N) is 1. The molecule has 0 saturated carbocycles. The van der Waals surface area contributed by atoms with Crippen molar-refractivity contribution in [1.82, 2.24) is 5.32 Å². The second-order valence-corrected chi connectivity index (χ2v) is 5.86. The molecule has 128 valence electrons. The SMILES string of the molecule is CCCOc1ccc(OC(C)C(=O)NCc2ccc(Cl)cc2)cc1. The van der Waals surface area contributed by atoms with Gasteiger partial charge in [0.2, 0.25) is 0 Å². The number of ether oxygens (including phenoxy) is 2. The van der Waals surface area contributed by atoms with Gasteiger partial charge in [0.15, 0.2) is 6.10 Å². The van der Waals surface area contributed by atoms with E-state index in [0.717, 1.165) is 17.7 Å². The highest BCUT2D eigenvalue weighted by atomic mass is 35.5. The van der Waals surface area contributed by atoms with E-state index in [-0.39, 0.29) is 5.91 Å². The maximum Gasteiger partial charge on any atom is 0.261 e. The molecule has 0 bridgehead atoms. The highest BCUT2D eigenvalue weighted by Crippen LogP contribution is 2.19. The average molecular weight is 348 g/mol. The molecule has 5 heteroatoms. The first-order valence-corrected chi connectivity index (χ1v) is 8.38. The van der Waals surface area contributed by atoms with E-state index in [1.165, 1.54) is 0 Å². The summed E-state index contributed by atoms with van der Waals surface area (Å²) in [6.07, 6.45) is 0.378. The Bertz CT molecular complexity index is 641. The van der Waals surface area contributed by atoms with E-state index in [4.69, 9.17) is 21.1 Å². The number of carbonyl (C=O) groups excluding carboxylic acids is 1. The van der Waals surface area contributed by atoms with E-state index < -0.39 is 6.10 Å². The van der Waals surface area contributed by atoms with Crippen LogP contribution in [-0.2, 0) is 11.3 Å². The van der Waals surface area contributed by atoms with Gasteiger partial charge in [0.05, 0.1) is 6.61 Å². The van der Waals surface area contributed by atoms with E-state index in [9.17, 15) is 4.79 Å². The largest absolute Gasteiger partial charge is 0.494 e. The number of carbonyl (C=O) groups is 1. The minimum atomic E-state index is -0.584. The lowest BCUT2D eigenvalue weighted by atomic mass is 10.2. The van der Waals surface area contributed by atoms with Crippen LogP contribution >= 0.6 is 11.6 Å². The minimum Gasteiger partial charge on any atom is -0.494 e. The van der Waals surface area contributed by atoms with Crippen molar-refractivity contribution in [3.63, 3.8) is 0 Å². The van der Waals surface area contributed by atoms with Gasteiger partial charge in [-0.3, -0.25) is 4.79 Å². The zero-order valence-corrected chi connectivity index (χ0v) is 14.7. The molecule has 0 aliphatic carbocycles. The van der Waals surface area contributed by atoms with Gasteiger partial charge in [0.1, 0.15) is 11.5 Å². The fraction of sp³-hybridized carbons (Fsp3) is 0.316. The highest BCUT2D eigenvalue weighted by molar-refractivity contribution is 6.30. The number of benzene rings is 2. The Morgan fingerprint density at radius 3 is 2.33 bits per heavy atom. The van der Waals surface area contributed by atoms with Crippen molar-refractivity contribution in [3.05, 3.63) is 59.1 Å². The summed E-state index contributed by atoms with van der Waals surface area (Å²) < 4.78 is 11.2. The first-order valence-electron chi connectivity index (χ1n) is 8.00. The molecule has 1 unspecified atom stereocenters. The lowest BCUT2D eigenvalue weighted by molar-refractivity contribution is -0.127. The smallest absolute Gasteiger partial charge is 0.261 e. The molecule has 2 aromatic carbocycles. The van der Waals surface area contributed by atoms with Gasteiger partial charge < -0.3 is 14.8 Å². The second kappa shape index (κ2) is 9.18. The highest BCUT2D eigenvalue weighted by Gasteiger charge is 2.14. The maximum atomic E-state index is 12.1. The molecule has 0 saturated heterocycles. The van der Waals surface area contributed by atoms with Gasteiger partial charge in [-0.15, -0.1) is 0 Å². The minimum absolute atomic E-state index is 0.170. The van der Waals surface area contributed by atoms with Gasteiger partial charge in [0.25, 0.3) is 5.91 Å². The fourth-order valence-electron chi connectivity index (χ4n) is 2.03. The zero-order chi connectivity index (χ0) is 17.4. The van der Waals surface area contributed by atoms with Crippen molar-refractivity contribution in [2.24, 2.45) is 0 Å². The first-order chi connectivity index (χ1) is 11.6. The number of rotatable bonds is 8. The molecule has 0 aliphatic heterocycles. The van der Waals surface area contributed by atoms with Gasteiger partial charge in [-0.25, -0.2) is 0 Å². The van der Waals surface area contributed by atoms with Gasteiger partial charge in [-0.1, -0.05) is 30.7 Å². The maximum absolute atomic E-state index is 12.1.